The zero-order valence-electron chi connectivity index (χ0n) is 25.6. The predicted molar refractivity (Wildman–Crippen MR) is 167 cm³/mol. The lowest BCUT2D eigenvalue weighted by atomic mass is 9.82. The van der Waals surface area contributed by atoms with E-state index in [1.54, 1.807) is 6.07 Å². The van der Waals surface area contributed by atoms with Gasteiger partial charge in [0.2, 0.25) is 18.4 Å². The number of benzene rings is 3. The van der Waals surface area contributed by atoms with Gasteiger partial charge in [-0.25, -0.2) is 4.39 Å². The van der Waals surface area contributed by atoms with Crippen molar-refractivity contribution in [3.63, 3.8) is 0 Å². The van der Waals surface area contributed by atoms with Crippen molar-refractivity contribution in [2.45, 2.75) is 58.4 Å². The molecule has 0 bridgehead atoms. The molecule has 232 valence electrons. The summed E-state index contributed by atoms with van der Waals surface area (Å²) < 4.78 is 25.8. The number of halogens is 1. The van der Waals surface area contributed by atoms with Crippen LogP contribution in [0.3, 0.4) is 0 Å². The highest BCUT2D eigenvalue weighted by Crippen LogP contribution is 2.48. The fourth-order valence-electron chi connectivity index (χ4n) is 7.21. The topological polar surface area (TPSA) is 91.3 Å². The van der Waals surface area contributed by atoms with Crippen LogP contribution in [0.15, 0.2) is 48.5 Å². The molecule has 3 aliphatic rings. The Morgan fingerprint density at radius 2 is 1.66 bits per heavy atom. The molecule has 8 nitrogen and oxygen atoms in total. The average molecular weight is 602 g/mol. The summed E-state index contributed by atoms with van der Waals surface area (Å²) in [6.07, 6.45) is 3.86. The third-order valence-corrected chi connectivity index (χ3v) is 9.29. The molecular weight excluding hydrogens is 561 g/mol. The van der Waals surface area contributed by atoms with Gasteiger partial charge in [0.25, 0.3) is 0 Å². The highest BCUT2D eigenvalue weighted by atomic mass is 19.1. The van der Waals surface area contributed by atoms with Crippen LogP contribution in [0.25, 0.3) is 0 Å². The van der Waals surface area contributed by atoms with Crippen molar-refractivity contribution in [1.82, 2.24) is 4.90 Å². The number of ether oxygens (including phenoxy) is 2. The first-order chi connectivity index (χ1) is 21.3. The third-order valence-electron chi connectivity index (χ3n) is 9.29. The molecule has 2 fully saturated rings. The van der Waals surface area contributed by atoms with Gasteiger partial charge >= 0.3 is 5.97 Å². The average Bonchev–Trinajstić information content (AvgIpc) is 3.78. The van der Waals surface area contributed by atoms with E-state index in [4.69, 9.17) is 9.47 Å². The summed E-state index contributed by atoms with van der Waals surface area (Å²) in [6.45, 7) is 8.37. The van der Waals surface area contributed by atoms with Gasteiger partial charge in [0.15, 0.2) is 11.6 Å². The second-order valence-corrected chi connectivity index (χ2v) is 12.1. The maximum absolute atomic E-state index is 15.0. The second-order valence-electron chi connectivity index (χ2n) is 12.1. The van der Waals surface area contributed by atoms with Crippen molar-refractivity contribution in [1.29, 1.82) is 0 Å². The summed E-state index contributed by atoms with van der Waals surface area (Å²) >= 11 is 0. The number of aliphatic carboxylic acids is 1. The van der Waals surface area contributed by atoms with Gasteiger partial charge in [-0.15, -0.1) is 0 Å². The molecule has 6 rings (SSSR count). The summed E-state index contributed by atoms with van der Waals surface area (Å²) in [7, 11) is 0. The van der Waals surface area contributed by atoms with E-state index in [0.717, 1.165) is 72.4 Å². The van der Waals surface area contributed by atoms with E-state index in [0.29, 0.717) is 5.56 Å². The number of nitrogens with zero attached hydrogens (tertiary/aromatic N) is 2. The fraction of sp³-hybridized carbons (Fsp3) is 0.429. The summed E-state index contributed by atoms with van der Waals surface area (Å²) in [6, 6.07) is 14.7. The van der Waals surface area contributed by atoms with Crippen molar-refractivity contribution in [2.24, 2.45) is 5.92 Å². The first-order valence-corrected chi connectivity index (χ1v) is 15.6. The largest absolute Gasteiger partial charge is 0.481 e. The number of carboxylic acids is 1. The van der Waals surface area contributed by atoms with Gasteiger partial charge in [-0.05, 0) is 79.1 Å². The Hall–Kier alpha value is -4.11. The minimum Gasteiger partial charge on any atom is -0.481 e. The van der Waals surface area contributed by atoms with Gasteiger partial charge < -0.3 is 24.8 Å². The Kier molecular flexibility index (Phi) is 8.49. The lowest BCUT2D eigenvalue weighted by molar-refractivity contribution is -0.143. The zero-order valence-corrected chi connectivity index (χ0v) is 25.6. The Bertz CT molecular complexity index is 1530. The van der Waals surface area contributed by atoms with Crippen LogP contribution in [0.2, 0.25) is 0 Å². The van der Waals surface area contributed by atoms with E-state index in [-0.39, 0.29) is 37.3 Å². The Morgan fingerprint density at radius 1 is 0.977 bits per heavy atom. The van der Waals surface area contributed by atoms with Crippen LogP contribution in [-0.4, -0.2) is 54.9 Å². The lowest BCUT2D eigenvalue weighted by Gasteiger charge is -2.28. The third kappa shape index (κ3) is 5.73. The van der Waals surface area contributed by atoms with Crippen molar-refractivity contribution in [3.05, 3.63) is 82.2 Å². The Morgan fingerprint density at radius 3 is 2.30 bits per heavy atom. The van der Waals surface area contributed by atoms with Crippen LogP contribution in [0.1, 0.15) is 66.5 Å². The monoisotopic (exact) mass is 601 g/mol. The smallest absolute Gasteiger partial charge is 0.309 e. The molecule has 3 aromatic rings. The quantitative estimate of drug-likeness (QED) is 0.308. The number of hydrogen-bond acceptors (Lipinski definition) is 6. The normalized spacial score (nSPS) is 21.2. The van der Waals surface area contributed by atoms with Gasteiger partial charge in [0, 0.05) is 43.0 Å². The van der Waals surface area contributed by atoms with E-state index in [2.05, 4.69) is 43.1 Å². The van der Waals surface area contributed by atoms with Crippen molar-refractivity contribution >= 4 is 23.3 Å². The van der Waals surface area contributed by atoms with Crippen LogP contribution in [-0.2, 0) is 22.4 Å². The van der Waals surface area contributed by atoms with E-state index in [1.807, 2.05) is 29.2 Å². The number of carboxylic acid groups (broad SMARTS) is 1. The molecule has 0 aromatic heterocycles. The molecule has 1 amide bonds. The molecule has 2 N–H and O–H groups in total. The van der Waals surface area contributed by atoms with E-state index in [1.165, 1.54) is 6.07 Å². The summed E-state index contributed by atoms with van der Waals surface area (Å²) in [4.78, 5) is 31.0. The van der Waals surface area contributed by atoms with Gasteiger partial charge in [-0.3, -0.25) is 14.5 Å². The maximum Gasteiger partial charge on any atom is 0.309 e. The van der Waals surface area contributed by atoms with Crippen LogP contribution >= 0.6 is 0 Å². The van der Waals surface area contributed by atoms with Crippen LogP contribution < -0.4 is 19.7 Å². The van der Waals surface area contributed by atoms with Gasteiger partial charge in [-0.2, -0.15) is 0 Å². The number of anilines is 2. The molecule has 2 saturated heterocycles. The SMILES string of the molecule is CCc1cc(C)cc(CC)c1NC(=O)CN1C[C@H](c2cc(F)c3c(c2)OCO3)C(C(=O)O)[C@@H]1c1ccc(N2CCCC2)cc1. The molecule has 0 saturated carbocycles. The summed E-state index contributed by atoms with van der Waals surface area (Å²) in [5.41, 5.74) is 6.56. The summed E-state index contributed by atoms with van der Waals surface area (Å²) in [5.74, 6) is -2.98. The number of rotatable bonds is 9. The van der Waals surface area contributed by atoms with Gasteiger partial charge in [0.1, 0.15) is 0 Å². The molecule has 0 spiro atoms. The zero-order chi connectivity index (χ0) is 31.0. The van der Waals surface area contributed by atoms with E-state index < -0.39 is 29.7 Å². The van der Waals surface area contributed by atoms with Crippen molar-refractivity contribution in [3.8, 4) is 11.5 Å². The molecule has 3 atom stereocenters. The number of amides is 1. The number of likely N-dealkylation sites (tertiary alicyclic amines) is 1. The molecule has 3 heterocycles. The molecule has 0 aliphatic carbocycles. The molecule has 44 heavy (non-hydrogen) atoms. The number of carbonyl (C=O) groups is 2. The molecule has 0 radical (unpaired) electrons. The van der Waals surface area contributed by atoms with Crippen LogP contribution in [0, 0.1) is 18.7 Å². The molecule has 3 aromatic carbocycles. The molecule has 3 aliphatic heterocycles. The van der Waals surface area contributed by atoms with Crippen LogP contribution in [0.5, 0.6) is 11.5 Å². The number of fused-ring (bicyclic) bond motifs is 1. The lowest BCUT2D eigenvalue weighted by Crippen LogP contribution is -2.35. The number of aryl methyl sites for hydroxylation is 3. The maximum atomic E-state index is 15.0. The predicted octanol–water partition coefficient (Wildman–Crippen LogP) is 6.07. The van der Waals surface area contributed by atoms with Crippen molar-refractivity contribution in [2.75, 3.05) is 43.2 Å². The second kappa shape index (κ2) is 12.5. The highest BCUT2D eigenvalue weighted by molar-refractivity contribution is 5.94. The standard InChI is InChI=1S/C35H40FN3O5/c1-4-22-14-21(3)15-23(5-2)32(22)37-30(40)19-39-18-27(25-16-28(36)34-29(17-25)43-20-44-34)31(35(41)42)33(39)24-8-10-26(11-9-24)38-12-6-7-13-38/h8-11,14-17,27,31,33H,4-7,12-13,18-20H2,1-3H3,(H,37,40)(H,41,42)/t27-,31?,33+/m1/s1. The molecule has 1 unspecified atom stereocenters. The fourth-order valence-corrected chi connectivity index (χ4v) is 7.21. The first kappa shape index (κ1) is 29.9. The number of nitrogens with one attached hydrogen (secondary N) is 1. The number of hydrogen-bond donors (Lipinski definition) is 2. The Balaban J connectivity index is 1.35. The Labute approximate surface area is 257 Å². The minimum absolute atomic E-state index is 0.00789. The molecular formula is C35H40FN3O5. The molecule has 9 heteroatoms. The van der Waals surface area contributed by atoms with E-state index >= 15 is 4.39 Å². The van der Waals surface area contributed by atoms with E-state index in [9.17, 15) is 14.7 Å². The minimum atomic E-state index is -0.996. The summed E-state index contributed by atoms with van der Waals surface area (Å²) in [5, 5.41) is 13.8. The van der Waals surface area contributed by atoms with Crippen LogP contribution in [0.4, 0.5) is 15.8 Å². The number of carbonyl (C=O) groups excluding carboxylic acids is 1. The van der Waals surface area contributed by atoms with Gasteiger partial charge in [0.05, 0.1) is 12.5 Å². The van der Waals surface area contributed by atoms with Crippen molar-refractivity contribution < 1.29 is 28.6 Å². The highest BCUT2D eigenvalue weighted by Gasteiger charge is 2.48. The van der Waals surface area contributed by atoms with Gasteiger partial charge in [-0.1, -0.05) is 43.7 Å². The first-order valence-electron chi connectivity index (χ1n) is 15.6.